The van der Waals surface area contributed by atoms with E-state index >= 15 is 0 Å². The Balaban J connectivity index is 2.64. The van der Waals surface area contributed by atoms with Gasteiger partial charge in [-0.1, -0.05) is 30.3 Å². The minimum Gasteiger partial charge on any atom is -0.338 e. The highest BCUT2D eigenvalue weighted by Crippen LogP contribution is 2.00. The number of ketones is 1. The molecule has 0 spiro atoms. The molecule has 0 aliphatic carbocycles. The Kier molecular flexibility index (Phi) is 3.40. The molecular formula is C11H13NO2. The molecule has 0 fully saturated rings. The van der Waals surface area contributed by atoms with E-state index in [0.717, 1.165) is 0 Å². The third-order valence-corrected chi connectivity index (χ3v) is 2.01. The summed E-state index contributed by atoms with van der Waals surface area (Å²) in [5, 5.41) is 0. The summed E-state index contributed by atoms with van der Waals surface area (Å²) in [6.07, 6.45) is 0. The first-order chi connectivity index (χ1) is 6.61. The highest BCUT2D eigenvalue weighted by molar-refractivity contribution is 5.99. The van der Waals surface area contributed by atoms with Crippen LogP contribution in [0.2, 0.25) is 0 Å². The van der Waals surface area contributed by atoms with Crippen LogP contribution < -0.4 is 0 Å². The zero-order valence-electron chi connectivity index (χ0n) is 8.36. The van der Waals surface area contributed by atoms with Gasteiger partial charge < -0.3 is 4.90 Å². The summed E-state index contributed by atoms with van der Waals surface area (Å²) in [4.78, 5) is 23.8. The van der Waals surface area contributed by atoms with Crippen LogP contribution in [0, 0.1) is 0 Å². The second kappa shape index (κ2) is 4.56. The molecule has 0 unspecified atom stereocenters. The zero-order chi connectivity index (χ0) is 10.6. The maximum absolute atomic E-state index is 11.6. The lowest BCUT2D eigenvalue weighted by Gasteiger charge is -2.13. The van der Waals surface area contributed by atoms with Gasteiger partial charge in [0, 0.05) is 19.5 Å². The van der Waals surface area contributed by atoms with E-state index in [1.54, 1.807) is 31.3 Å². The van der Waals surface area contributed by atoms with Crippen LogP contribution in [0.15, 0.2) is 30.3 Å². The number of likely N-dealkylation sites (N-methyl/N-ethyl adjacent to an activating group) is 1. The second-order valence-electron chi connectivity index (χ2n) is 3.16. The molecule has 1 amide bonds. The van der Waals surface area contributed by atoms with Crippen LogP contribution in [0.5, 0.6) is 0 Å². The average molecular weight is 191 g/mol. The van der Waals surface area contributed by atoms with E-state index in [0.29, 0.717) is 5.56 Å². The highest BCUT2D eigenvalue weighted by atomic mass is 16.2. The topological polar surface area (TPSA) is 37.4 Å². The van der Waals surface area contributed by atoms with Crippen molar-refractivity contribution in [1.29, 1.82) is 0 Å². The van der Waals surface area contributed by atoms with Crippen LogP contribution in [-0.2, 0) is 4.79 Å². The normalized spacial score (nSPS) is 9.57. The fourth-order valence-corrected chi connectivity index (χ4v) is 1.04. The van der Waals surface area contributed by atoms with Crippen LogP contribution in [-0.4, -0.2) is 30.2 Å². The van der Waals surface area contributed by atoms with Gasteiger partial charge in [-0.05, 0) is 0 Å². The molecule has 0 saturated heterocycles. The molecule has 14 heavy (non-hydrogen) atoms. The van der Waals surface area contributed by atoms with Gasteiger partial charge in [0.1, 0.15) is 0 Å². The molecular weight excluding hydrogens is 178 g/mol. The molecule has 3 heteroatoms. The number of nitrogens with zero attached hydrogens (tertiary/aromatic N) is 1. The number of amides is 1. The minimum absolute atomic E-state index is 0.0386. The summed E-state index contributed by atoms with van der Waals surface area (Å²) < 4.78 is 0. The molecule has 0 bridgehead atoms. The molecule has 0 aliphatic heterocycles. The number of Topliss-reactive ketones (excluding diaryl/α,β-unsaturated/α-hetero) is 1. The third-order valence-electron chi connectivity index (χ3n) is 2.01. The Labute approximate surface area is 83.3 Å². The smallest absolute Gasteiger partial charge is 0.219 e. The van der Waals surface area contributed by atoms with Crippen LogP contribution >= 0.6 is 0 Å². The standard InChI is InChI=1S/C11H13NO2/c1-9(13)12(2)8-11(14)10-6-4-3-5-7-10/h3-7H,8H2,1-2H3. The zero-order valence-corrected chi connectivity index (χ0v) is 8.36. The van der Waals surface area contributed by atoms with Crippen molar-refractivity contribution in [1.82, 2.24) is 4.90 Å². The first kappa shape index (κ1) is 10.4. The maximum atomic E-state index is 11.6. The van der Waals surface area contributed by atoms with Gasteiger partial charge in [-0.2, -0.15) is 0 Å². The Morgan fingerprint density at radius 2 is 1.79 bits per heavy atom. The monoisotopic (exact) mass is 191 g/mol. The van der Waals surface area contributed by atoms with E-state index in [4.69, 9.17) is 0 Å². The van der Waals surface area contributed by atoms with Crippen molar-refractivity contribution in [2.24, 2.45) is 0 Å². The molecule has 0 aromatic heterocycles. The van der Waals surface area contributed by atoms with Gasteiger partial charge >= 0.3 is 0 Å². The van der Waals surface area contributed by atoms with Gasteiger partial charge in [0.2, 0.25) is 5.91 Å². The Hall–Kier alpha value is -1.64. The highest BCUT2D eigenvalue weighted by Gasteiger charge is 2.09. The fraction of sp³-hybridized carbons (Fsp3) is 0.273. The third kappa shape index (κ3) is 2.69. The van der Waals surface area contributed by atoms with E-state index in [1.807, 2.05) is 6.07 Å². The lowest BCUT2D eigenvalue weighted by atomic mass is 10.1. The lowest BCUT2D eigenvalue weighted by molar-refractivity contribution is -0.127. The quantitative estimate of drug-likeness (QED) is 0.676. The van der Waals surface area contributed by atoms with E-state index in [9.17, 15) is 9.59 Å². The number of hydrogen-bond acceptors (Lipinski definition) is 2. The lowest BCUT2D eigenvalue weighted by Crippen LogP contribution is -2.29. The van der Waals surface area contributed by atoms with E-state index in [-0.39, 0.29) is 18.2 Å². The fourth-order valence-electron chi connectivity index (χ4n) is 1.04. The summed E-state index contributed by atoms with van der Waals surface area (Å²) in [6, 6.07) is 8.96. The Bertz CT molecular complexity index is 332. The van der Waals surface area contributed by atoms with E-state index in [2.05, 4.69) is 0 Å². The van der Waals surface area contributed by atoms with Gasteiger partial charge in [0.25, 0.3) is 0 Å². The van der Waals surface area contributed by atoms with Crippen molar-refractivity contribution in [2.45, 2.75) is 6.92 Å². The number of carbonyl (C=O) groups is 2. The Morgan fingerprint density at radius 3 is 2.29 bits per heavy atom. The summed E-state index contributed by atoms with van der Waals surface area (Å²) in [7, 11) is 1.61. The molecule has 0 radical (unpaired) electrons. The molecule has 0 atom stereocenters. The van der Waals surface area contributed by atoms with Gasteiger partial charge in [0.15, 0.2) is 5.78 Å². The molecule has 0 heterocycles. The first-order valence-electron chi connectivity index (χ1n) is 4.41. The number of hydrogen-bond donors (Lipinski definition) is 0. The first-order valence-corrected chi connectivity index (χ1v) is 4.41. The van der Waals surface area contributed by atoms with Crippen LogP contribution in [0.4, 0.5) is 0 Å². The van der Waals surface area contributed by atoms with E-state index < -0.39 is 0 Å². The predicted molar refractivity (Wildman–Crippen MR) is 54.1 cm³/mol. The van der Waals surface area contributed by atoms with Gasteiger partial charge in [-0.15, -0.1) is 0 Å². The summed E-state index contributed by atoms with van der Waals surface area (Å²) in [5.41, 5.74) is 0.639. The maximum Gasteiger partial charge on any atom is 0.219 e. The SMILES string of the molecule is CC(=O)N(C)CC(=O)c1ccccc1. The van der Waals surface area contributed by atoms with Gasteiger partial charge in [0.05, 0.1) is 6.54 Å². The molecule has 0 aliphatic rings. The molecule has 1 rings (SSSR count). The predicted octanol–water partition coefficient (Wildman–Crippen LogP) is 1.35. The number of carbonyl (C=O) groups excluding carboxylic acids is 2. The van der Waals surface area contributed by atoms with Crippen molar-refractivity contribution in [3.63, 3.8) is 0 Å². The molecule has 74 valence electrons. The average Bonchev–Trinajstić information content (AvgIpc) is 2.19. The van der Waals surface area contributed by atoms with Crippen LogP contribution in [0.1, 0.15) is 17.3 Å². The van der Waals surface area contributed by atoms with Crippen molar-refractivity contribution in [3.05, 3.63) is 35.9 Å². The molecule has 0 saturated carbocycles. The molecule has 3 nitrogen and oxygen atoms in total. The van der Waals surface area contributed by atoms with Crippen LogP contribution in [0.25, 0.3) is 0 Å². The van der Waals surface area contributed by atoms with Crippen LogP contribution in [0.3, 0.4) is 0 Å². The van der Waals surface area contributed by atoms with Gasteiger partial charge in [-0.25, -0.2) is 0 Å². The second-order valence-corrected chi connectivity index (χ2v) is 3.16. The summed E-state index contributed by atoms with van der Waals surface area (Å²) >= 11 is 0. The van der Waals surface area contributed by atoms with Crippen molar-refractivity contribution in [3.8, 4) is 0 Å². The minimum atomic E-state index is -0.103. The van der Waals surface area contributed by atoms with Crippen molar-refractivity contribution >= 4 is 11.7 Å². The number of rotatable bonds is 3. The largest absolute Gasteiger partial charge is 0.338 e. The summed E-state index contributed by atoms with van der Waals surface area (Å²) in [6.45, 7) is 1.58. The molecule has 1 aromatic carbocycles. The van der Waals surface area contributed by atoms with Crippen molar-refractivity contribution in [2.75, 3.05) is 13.6 Å². The Morgan fingerprint density at radius 1 is 1.21 bits per heavy atom. The molecule has 0 N–H and O–H groups in total. The van der Waals surface area contributed by atoms with E-state index in [1.165, 1.54) is 11.8 Å². The number of benzene rings is 1. The summed E-state index contributed by atoms with van der Waals surface area (Å²) in [5.74, 6) is -0.141. The van der Waals surface area contributed by atoms with Gasteiger partial charge in [-0.3, -0.25) is 9.59 Å². The van der Waals surface area contributed by atoms with Crippen molar-refractivity contribution < 1.29 is 9.59 Å². The molecule has 1 aromatic rings.